The van der Waals surface area contributed by atoms with Crippen LogP contribution in [0.15, 0.2) is 0 Å². The molecule has 0 aromatic heterocycles. The van der Waals surface area contributed by atoms with Crippen molar-refractivity contribution in [3.63, 3.8) is 0 Å². The first-order valence-electron chi connectivity index (χ1n) is 4.77. The van der Waals surface area contributed by atoms with E-state index in [-0.39, 0.29) is 12.0 Å². The molecule has 82 valence electrons. The molecular formula is C10H19NO3. The van der Waals surface area contributed by atoms with E-state index in [0.717, 1.165) is 0 Å². The summed E-state index contributed by atoms with van der Waals surface area (Å²) in [6.07, 6.45) is -0.969. The van der Waals surface area contributed by atoms with Crippen LogP contribution in [-0.4, -0.2) is 38.9 Å². The molecular weight excluding hydrogens is 182 g/mol. The Bertz CT molecular complexity index is 267. The van der Waals surface area contributed by atoms with Crippen molar-refractivity contribution in [1.82, 2.24) is 4.90 Å². The number of β-amino-alcohol motifs (C(OH)–C–C–N with tert-alkyl or cyclic N) is 1. The summed E-state index contributed by atoms with van der Waals surface area (Å²) in [5.74, 6) is 0. The molecule has 0 bridgehead atoms. The van der Waals surface area contributed by atoms with Crippen molar-refractivity contribution in [2.45, 2.75) is 45.8 Å². The van der Waals surface area contributed by atoms with Crippen molar-refractivity contribution in [3.8, 4) is 0 Å². The van der Waals surface area contributed by atoms with Gasteiger partial charge in [-0.1, -0.05) is 20.8 Å². The summed E-state index contributed by atoms with van der Waals surface area (Å²) >= 11 is 0. The van der Waals surface area contributed by atoms with E-state index in [1.807, 2.05) is 20.8 Å². The van der Waals surface area contributed by atoms with Gasteiger partial charge in [0.05, 0.1) is 12.1 Å². The standard InChI is InChI=1S/C10H19NO3/c1-8(2,3)10(14)6-11(7(12)13)9(10,4)5/h14H,6H2,1-5H3,(H,12,13)/t10-/m0/s1. The Morgan fingerprint density at radius 1 is 1.36 bits per heavy atom. The lowest BCUT2D eigenvalue weighted by Crippen LogP contribution is -2.81. The van der Waals surface area contributed by atoms with Crippen molar-refractivity contribution in [3.05, 3.63) is 0 Å². The largest absolute Gasteiger partial charge is 0.465 e. The van der Waals surface area contributed by atoms with Crippen LogP contribution in [0.25, 0.3) is 0 Å². The zero-order valence-corrected chi connectivity index (χ0v) is 9.46. The highest BCUT2D eigenvalue weighted by atomic mass is 16.4. The van der Waals surface area contributed by atoms with E-state index in [4.69, 9.17) is 5.11 Å². The van der Waals surface area contributed by atoms with E-state index >= 15 is 0 Å². The second-order valence-electron chi connectivity index (χ2n) is 5.54. The van der Waals surface area contributed by atoms with Gasteiger partial charge in [-0.15, -0.1) is 0 Å². The van der Waals surface area contributed by atoms with Crippen molar-refractivity contribution < 1.29 is 15.0 Å². The fourth-order valence-corrected chi connectivity index (χ4v) is 2.21. The molecule has 4 nitrogen and oxygen atoms in total. The third kappa shape index (κ3) is 1.13. The topological polar surface area (TPSA) is 60.8 Å². The molecule has 0 aromatic rings. The highest BCUT2D eigenvalue weighted by Gasteiger charge is 2.65. The molecule has 0 radical (unpaired) electrons. The minimum absolute atomic E-state index is 0.193. The maximum atomic E-state index is 10.8. The predicted molar refractivity (Wildman–Crippen MR) is 53.2 cm³/mol. The third-order valence-corrected chi connectivity index (χ3v) is 3.55. The van der Waals surface area contributed by atoms with Gasteiger partial charge in [0.25, 0.3) is 0 Å². The SMILES string of the molecule is CC(C)(C)[C@@]1(O)CN(C(=O)O)C1(C)C. The van der Waals surface area contributed by atoms with Gasteiger partial charge in [0.2, 0.25) is 0 Å². The van der Waals surface area contributed by atoms with Gasteiger partial charge >= 0.3 is 6.09 Å². The molecule has 0 unspecified atom stereocenters. The van der Waals surface area contributed by atoms with Gasteiger partial charge in [-0.05, 0) is 19.3 Å². The maximum Gasteiger partial charge on any atom is 0.407 e. The zero-order valence-electron chi connectivity index (χ0n) is 9.46. The molecule has 0 saturated carbocycles. The van der Waals surface area contributed by atoms with Gasteiger partial charge in [-0.2, -0.15) is 0 Å². The number of likely N-dealkylation sites (tertiary alicyclic amines) is 1. The molecule has 1 aliphatic rings. The van der Waals surface area contributed by atoms with Gasteiger partial charge in [0.1, 0.15) is 5.60 Å². The first kappa shape index (κ1) is 11.3. The fourth-order valence-electron chi connectivity index (χ4n) is 2.21. The Kier molecular flexibility index (Phi) is 2.12. The molecule has 0 spiro atoms. The molecule has 4 heteroatoms. The minimum Gasteiger partial charge on any atom is -0.465 e. The van der Waals surface area contributed by atoms with Crippen molar-refractivity contribution in [2.75, 3.05) is 6.54 Å². The van der Waals surface area contributed by atoms with Gasteiger partial charge in [-0.3, -0.25) is 4.90 Å². The van der Waals surface area contributed by atoms with Crippen molar-refractivity contribution in [2.24, 2.45) is 5.41 Å². The summed E-state index contributed by atoms with van der Waals surface area (Å²) in [4.78, 5) is 12.1. The Balaban J connectivity index is 2.97. The number of carbonyl (C=O) groups is 1. The number of rotatable bonds is 0. The average Bonchev–Trinajstić information content (AvgIpc) is 1.96. The quantitative estimate of drug-likeness (QED) is 0.625. The lowest BCUT2D eigenvalue weighted by molar-refractivity contribution is -0.235. The summed E-state index contributed by atoms with van der Waals surface area (Å²) in [7, 11) is 0. The van der Waals surface area contributed by atoms with E-state index in [0.29, 0.717) is 0 Å². The Morgan fingerprint density at radius 2 is 1.79 bits per heavy atom. The van der Waals surface area contributed by atoms with Crippen LogP contribution in [0, 0.1) is 5.41 Å². The summed E-state index contributed by atoms with van der Waals surface area (Å²) in [6, 6.07) is 0. The molecule has 1 aliphatic heterocycles. The Hall–Kier alpha value is -0.770. The molecule has 14 heavy (non-hydrogen) atoms. The van der Waals surface area contributed by atoms with Crippen molar-refractivity contribution >= 4 is 6.09 Å². The smallest absolute Gasteiger partial charge is 0.407 e. The average molecular weight is 201 g/mol. The number of hydrogen-bond donors (Lipinski definition) is 2. The summed E-state index contributed by atoms with van der Waals surface area (Å²) in [6.45, 7) is 9.49. The predicted octanol–water partition coefficient (Wildman–Crippen LogP) is 1.54. The van der Waals surface area contributed by atoms with Crippen LogP contribution in [0.5, 0.6) is 0 Å². The zero-order chi connectivity index (χ0) is 11.4. The number of aliphatic hydroxyl groups is 1. The Morgan fingerprint density at radius 3 is 2.00 bits per heavy atom. The highest BCUT2D eigenvalue weighted by Crippen LogP contribution is 2.49. The van der Waals surface area contributed by atoms with Gasteiger partial charge < -0.3 is 10.2 Å². The van der Waals surface area contributed by atoms with E-state index in [2.05, 4.69) is 0 Å². The van der Waals surface area contributed by atoms with Gasteiger partial charge in [-0.25, -0.2) is 4.79 Å². The van der Waals surface area contributed by atoms with Crippen LogP contribution in [-0.2, 0) is 0 Å². The van der Waals surface area contributed by atoms with Crippen LogP contribution in [0.4, 0.5) is 4.79 Å². The van der Waals surface area contributed by atoms with E-state index < -0.39 is 17.2 Å². The molecule has 1 heterocycles. The first-order valence-corrected chi connectivity index (χ1v) is 4.77. The maximum absolute atomic E-state index is 10.8. The number of nitrogens with zero attached hydrogens (tertiary/aromatic N) is 1. The summed E-state index contributed by atoms with van der Waals surface area (Å²) in [5.41, 5.74) is -1.97. The molecule has 1 rings (SSSR count). The monoisotopic (exact) mass is 201 g/mol. The highest BCUT2D eigenvalue weighted by molar-refractivity contribution is 5.68. The summed E-state index contributed by atoms with van der Waals surface area (Å²) in [5, 5.41) is 19.3. The van der Waals surface area contributed by atoms with Crippen LogP contribution >= 0.6 is 0 Å². The number of amides is 1. The lowest BCUT2D eigenvalue weighted by Gasteiger charge is -2.64. The second-order valence-corrected chi connectivity index (χ2v) is 5.54. The van der Waals surface area contributed by atoms with Crippen LogP contribution in [0.3, 0.4) is 0 Å². The summed E-state index contributed by atoms with van der Waals surface area (Å²) < 4.78 is 0. The minimum atomic E-state index is -0.969. The molecule has 1 fully saturated rings. The van der Waals surface area contributed by atoms with E-state index in [1.54, 1.807) is 13.8 Å². The fraction of sp³-hybridized carbons (Fsp3) is 0.900. The molecule has 0 aromatic carbocycles. The number of carboxylic acid groups (broad SMARTS) is 1. The first-order chi connectivity index (χ1) is 6.04. The second kappa shape index (κ2) is 2.63. The van der Waals surface area contributed by atoms with E-state index in [1.165, 1.54) is 4.90 Å². The lowest BCUT2D eigenvalue weighted by atomic mass is 9.59. The number of hydrogen-bond acceptors (Lipinski definition) is 2. The van der Waals surface area contributed by atoms with E-state index in [9.17, 15) is 9.90 Å². The molecule has 1 saturated heterocycles. The van der Waals surface area contributed by atoms with Crippen LogP contribution in [0.2, 0.25) is 0 Å². The van der Waals surface area contributed by atoms with Gasteiger partial charge in [0, 0.05) is 0 Å². The van der Waals surface area contributed by atoms with Gasteiger partial charge in [0.15, 0.2) is 0 Å². The molecule has 1 atom stereocenters. The van der Waals surface area contributed by atoms with Crippen LogP contribution in [0.1, 0.15) is 34.6 Å². The Labute approximate surface area is 84.5 Å². The van der Waals surface area contributed by atoms with Crippen molar-refractivity contribution in [1.29, 1.82) is 0 Å². The third-order valence-electron chi connectivity index (χ3n) is 3.55. The van der Waals surface area contributed by atoms with Crippen LogP contribution < -0.4 is 0 Å². The normalized spacial score (nSPS) is 31.1. The molecule has 1 amide bonds. The molecule has 0 aliphatic carbocycles. The molecule has 2 N–H and O–H groups in total.